The van der Waals surface area contributed by atoms with Crippen LogP contribution in [0.15, 0.2) is 36.0 Å². The molecule has 8 nitrogen and oxygen atoms in total. The van der Waals surface area contributed by atoms with E-state index < -0.39 is 30.2 Å². The first-order valence-corrected chi connectivity index (χ1v) is 12.0. The van der Waals surface area contributed by atoms with Gasteiger partial charge in [0.1, 0.15) is 11.9 Å². The van der Waals surface area contributed by atoms with E-state index >= 15 is 0 Å². The van der Waals surface area contributed by atoms with Crippen molar-refractivity contribution in [1.82, 2.24) is 5.32 Å². The van der Waals surface area contributed by atoms with Crippen LogP contribution in [0.5, 0.6) is 0 Å². The summed E-state index contributed by atoms with van der Waals surface area (Å²) in [7, 11) is 0. The Morgan fingerprint density at radius 3 is 2.50 bits per heavy atom. The molecule has 0 bridgehead atoms. The maximum Gasteiger partial charge on any atom is 0.331 e. The molecule has 34 heavy (non-hydrogen) atoms. The second-order valence-electron chi connectivity index (χ2n) is 9.48. The van der Waals surface area contributed by atoms with Crippen LogP contribution in [0, 0.1) is 17.8 Å². The number of nitrogens with one attached hydrogen (secondary N) is 1. The van der Waals surface area contributed by atoms with Gasteiger partial charge in [-0.05, 0) is 44.1 Å². The number of amides is 2. The number of imide groups is 1. The molecule has 0 unspecified atom stereocenters. The molecule has 1 fully saturated rings. The van der Waals surface area contributed by atoms with Crippen molar-refractivity contribution in [3.63, 3.8) is 0 Å². The number of hydrogen-bond acceptors (Lipinski definition) is 7. The average molecular weight is 476 g/mol. The molecule has 2 heterocycles. The maximum atomic E-state index is 12.7. The summed E-state index contributed by atoms with van der Waals surface area (Å²) in [5, 5.41) is 23.2. The summed E-state index contributed by atoms with van der Waals surface area (Å²) in [5.74, 6) is -2.64. The lowest BCUT2D eigenvalue weighted by molar-refractivity contribution is -0.145. The average Bonchev–Trinajstić information content (AvgIpc) is 2.74. The van der Waals surface area contributed by atoms with E-state index in [1.165, 1.54) is 6.08 Å². The van der Waals surface area contributed by atoms with Crippen LogP contribution < -0.4 is 5.32 Å². The molecule has 3 N–H and O–H groups in total. The molecule has 0 radical (unpaired) electrons. The molecule has 5 atom stereocenters. The minimum Gasteiger partial charge on any atom is -0.454 e. The van der Waals surface area contributed by atoms with E-state index in [4.69, 9.17) is 4.74 Å². The molecule has 0 spiro atoms. The topological polar surface area (TPSA) is 130 Å². The Kier molecular flexibility index (Phi) is 10.9. The van der Waals surface area contributed by atoms with Crippen molar-refractivity contribution < 1.29 is 34.1 Å². The molecule has 2 aliphatic heterocycles. The van der Waals surface area contributed by atoms with Gasteiger partial charge in [-0.15, -0.1) is 0 Å². The number of piperidine rings is 1. The predicted octanol–water partition coefficient (Wildman–Crippen LogP) is 2.54. The quantitative estimate of drug-likeness (QED) is 0.293. The lowest BCUT2D eigenvalue weighted by Gasteiger charge is -2.28. The van der Waals surface area contributed by atoms with E-state index in [1.807, 2.05) is 12.2 Å². The number of Topliss-reactive ketones (excluding diaryl/α,β-unsaturated/α-hetero) is 1. The van der Waals surface area contributed by atoms with E-state index in [9.17, 15) is 29.4 Å². The molecule has 2 rings (SSSR count). The summed E-state index contributed by atoms with van der Waals surface area (Å²) in [6, 6.07) is 0. The fourth-order valence-electron chi connectivity index (χ4n) is 4.41. The fourth-order valence-corrected chi connectivity index (χ4v) is 4.41. The highest BCUT2D eigenvalue weighted by Crippen LogP contribution is 2.25. The van der Waals surface area contributed by atoms with Gasteiger partial charge in [0, 0.05) is 37.2 Å². The van der Waals surface area contributed by atoms with Crippen molar-refractivity contribution in [2.24, 2.45) is 17.8 Å². The maximum absolute atomic E-state index is 12.7. The molecular formula is C26H37NO7. The third-order valence-electron chi connectivity index (χ3n) is 6.36. The normalized spacial score (nSPS) is 27.3. The lowest BCUT2D eigenvalue weighted by atomic mass is 9.87. The van der Waals surface area contributed by atoms with Crippen LogP contribution in [-0.4, -0.2) is 52.1 Å². The number of cyclic esters (lactones) is 1. The van der Waals surface area contributed by atoms with Crippen LogP contribution in [0.4, 0.5) is 0 Å². The highest BCUT2D eigenvalue weighted by Gasteiger charge is 2.30. The third kappa shape index (κ3) is 8.99. The molecule has 0 aromatic carbocycles. The van der Waals surface area contributed by atoms with Gasteiger partial charge in [-0.25, -0.2) is 4.79 Å². The Bertz CT molecular complexity index is 828. The first-order chi connectivity index (χ1) is 16.1. The molecule has 0 saturated carbocycles. The number of aliphatic hydroxyl groups excluding tert-OH is 2. The summed E-state index contributed by atoms with van der Waals surface area (Å²) >= 11 is 0. The minimum absolute atomic E-state index is 0.104. The van der Waals surface area contributed by atoms with Crippen molar-refractivity contribution >= 4 is 23.6 Å². The Balaban J connectivity index is 2.03. The summed E-state index contributed by atoms with van der Waals surface area (Å²) in [5.41, 5.74) is 0.652. The molecule has 8 heteroatoms. The van der Waals surface area contributed by atoms with Crippen molar-refractivity contribution in [3.05, 3.63) is 36.0 Å². The molecule has 0 aromatic heterocycles. The summed E-state index contributed by atoms with van der Waals surface area (Å²) < 4.78 is 5.64. The van der Waals surface area contributed by atoms with Gasteiger partial charge in [-0.2, -0.15) is 0 Å². The van der Waals surface area contributed by atoms with Crippen LogP contribution in [-0.2, 0) is 23.9 Å². The Morgan fingerprint density at radius 1 is 1.18 bits per heavy atom. The number of aliphatic hydroxyl groups is 2. The van der Waals surface area contributed by atoms with Gasteiger partial charge in [0.05, 0.1) is 12.2 Å². The van der Waals surface area contributed by atoms with Crippen LogP contribution in [0.3, 0.4) is 0 Å². The lowest BCUT2D eigenvalue weighted by Crippen LogP contribution is -2.39. The van der Waals surface area contributed by atoms with Crippen molar-refractivity contribution in [1.29, 1.82) is 0 Å². The first kappa shape index (κ1) is 27.7. The smallest absolute Gasteiger partial charge is 0.331 e. The zero-order chi connectivity index (χ0) is 25.3. The number of hydrogen-bond donors (Lipinski definition) is 3. The zero-order valence-corrected chi connectivity index (χ0v) is 20.2. The molecule has 0 aliphatic carbocycles. The molecule has 2 amide bonds. The third-order valence-corrected chi connectivity index (χ3v) is 6.36. The summed E-state index contributed by atoms with van der Waals surface area (Å²) in [4.78, 5) is 48.0. The van der Waals surface area contributed by atoms with Crippen LogP contribution in [0.1, 0.15) is 65.7 Å². The van der Waals surface area contributed by atoms with E-state index in [-0.39, 0.29) is 55.1 Å². The van der Waals surface area contributed by atoms with E-state index in [2.05, 4.69) is 5.32 Å². The SMILES string of the molecule is C/C(=C\[C@H](C)C(=O)C[C@H](O)CC1CC(=O)NC(=O)C1)[C@@H]1OC(=O)C=CCCC=CC[C@@H](O)[C@@H]1C. The Labute approximate surface area is 201 Å². The summed E-state index contributed by atoms with van der Waals surface area (Å²) in [6.45, 7) is 5.28. The van der Waals surface area contributed by atoms with Crippen LogP contribution in [0.2, 0.25) is 0 Å². The highest BCUT2D eigenvalue weighted by atomic mass is 16.5. The summed E-state index contributed by atoms with van der Waals surface area (Å²) in [6.07, 6.45) is 8.69. The van der Waals surface area contributed by atoms with Gasteiger partial charge >= 0.3 is 5.97 Å². The first-order valence-electron chi connectivity index (χ1n) is 12.0. The van der Waals surface area contributed by atoms with E-state index in [0.29, 0.717) is 18.4 Å². The van der Waals surface area contributed by atoms with Crippen LogP contribution >= 0.6 is 0 Å². The van der Waals surface area contributed by atoms with Crippen LogP contribution in [0.25, 0.3) is 0 Å². The fraction of sp³-hybridized carbons (Fsp3) is 0.615. The largest absolute Gasteiger partial charge is 0.454 e. The van der Waals surface area contributed by atoms with Crippen molar-refractivity contribution in [2.75, 3.05) is 0 Å². The number of rotatable bonds is 7. The second kappa shape index (κ2) is 13.3. The number of carbonyl (C=O) groups is 4. The molecule has 0 aromatic rings. The number of ether oxygens (including phenoxy) is 1. The number of carbonyl (C=O) groups excluding carboxylic acids is 4. The predicted molar refractivity (Wildman–Crippen MR) is 126 cm³/mol. The molecule has 2 aliphatic rings. The minimum atomic E-state index is -0.954. The van der Waals surface area contributed by atoms with E-state index in [1.54, 1.807) is 32.9 Å². The van der Waals surface area contributed by atoms with Gasteiger partial charge in [-0.1, -0.05) is 38.2 Å². The molecule has 1 saturated heterocycles. The van der Waals surface area contributed by atoms with Gasteiger partial charge in [0.15, 0.2) is 0 Å². The van der Waals surface area contributed by atoms with E-state index in [0.717, 1.165) is 6.42 Å². The zero-order valence-electron chi connectivity index (χ0n) is 20.2. The standard InChI is InChI=1S/C26H37NO7/c1-16(22(30)15-20(28)12-19-13-23(31)27-24(32)14-19)11-17(2)26-18(3)21(29)9-7-5-4-6-8-10-25(33)34-26/h5,7-8,10-11,16,18-21,26,28-29H,4,6,9,12-15H2,1-3H3,(H,27,31,32)/b7-5?,10-8?,17-11+/t16-,18-,20+,21+,26-/m0/s1. The van der Waals surface area contributed by atoms with Crippen molar-refractivity contribution in [2.45, 2.75) is 84.0 Å². The number of allylic oxidation sites excluding steroid dienone is 3. The number of esters is 1. The van der Waals surface area contributed by atoms with Gasteiger partial charge in [0.2, 0.25) is 11.8 Å². The van der Waals surface area contributed by atoms with Crippen molar-refractivity contribution in [3.8, 4) is 0 Å². The molecular weight excluding hydrogens is 438 g/mol. The van der Waals surface area contributed by atoms with Gasteiger partial charge < -0.3 is 14.9 Å². The Hall–Kier alpha value is -2.58. The van der Waals surface area contributed by atoms with Gasteiger partial charge in [-0.3, -0.25) is 19.7 Å². The Morgan fingerprint density at radius 2 is 1.82 bits per heavy atom. The molecule has 188 valence electrons. The number of ketones is 1. The second-order valence-corrected chi connectivity index (χ2v) is 9.48. The monoisotopic (exact) mass is 475 g/mol. The highest BCUT2D eigenvalue weighted by molar-refractivity contribution is 5.97. The van der Waals surface area contributed by atoms with Gasteiger partial charge in [0.25, 0.3) is 0 Å².